The van der Waals surface area contributed by atoms with Crippen LogP contribution >= 0.6 is 27.3 Å². The molecule has 3 heterocycles. The van der Waals surface area contributed by atoms with Crippen LogP contribution in [-0.4, -0.2) is 35.1 Å². The zero-order valence-electron chi connectivity index (χ0n) is 13.7. The second kappa shape index (κ2) is 7.61. The highest BCUT2D eigenvalue weighted by Crippen LogP contribution is 2.39. The van der Waals surface area contributed by atoms with Crippen molar-refractivity contribution >= 4 is 33.2 Å². The summed E-state index contributed by atoms with van der Waals surface area (Å²) >= 11 is 4.00. The fourth-order valence-electron chi connectivity index (χ4n) is 2.58. The monoisotopic (exact) mass is 449 g/mol. The van der Waals surface area contributed by atoms with E-state index < -0.39 is 22.7 Å². The van der Waals surface area contributed by atoms with Gasteiger partial charge in [0.05, 0.1) is 0 Å². The predicted molar refractivity (Wildman–Crippen MR) is 94.1 cm³/mol. The number of alkyl halides is 3. The first-order valence-corrected chi connectivity index (χ1v) is 9.46. The van der Waals surface area contributed by atoms with Gasteiger partial charge in [-0.15, -0.1) is 11.3 Å². The average molecular weight is 450 g/mol. The molecule has 1 fully saturated rings. The van der Waals surface area contributed by atoms with Crippen LogP contribution in [0.3, 0.4) is 0 Å². The number of amides is 1. The molecule has 2 aromatic rings. The summed E-state index contributed by atoms with van der Waals surface area (Å²) in [5.74, 6) is -0.755. The Bertz CT molecular complexity index is 820. The Morgan fingerprint density at radius 1 is 1.38 bits per heavy atom. The smallest absolute Gasteiger partial charge is 0.381 e. The summed E-state index contributed by atoms with van der Waals surface area (Å²) < 4.78 is 46.0. The summed E-state index contributed by atoms with van der Waals surface area (Å²) in [6.07, 6.45) is -2.06. The van der Waals surface area contributed by atoms with Gasteiger partial charge in [-0.05, 0) is 41.8 Å². The fourth-order valence-corrected chi connectivity index (χ4v) is 4.14. The standard InChI is InChI=1S/C16H15BrF3N3O2S/c1-8-6-10(11(17)7-21-8)15-23-13(16(18,19)20)12(26-15)14(24)22-9-2-4-25-5-3-9/h6-7,9H,2-5H2,1H3,(H,22,24). The second-order valence-electron chi connectivity index (χ2n) is 5.86. The van der Waals surface area contributed by atoms with E-state index in [4.69, 9.17) is 4.74 Å². The lowest BCUT2D eigenvalue weighted by Crippen LogP contribution is -2.39. The summed E-state index contributed by atoms with van der Waals surface area (Å²) in [6.45, 7) is 2.69. The minimum Gasteiger partial charge on any atom is -0.381 e. The molecule has 5 nitrogen and oxygen atoms in total. The molecule has 1 saturated heterocycles. The summed E-state index contributed by atoms with van der Waals surface area (Å²) in [4.78, 5) is 19.8. The van der Waals surface area contributed by atoms with Crippen molar-refractivity contribution in [2.75, 3.05) is 13.2 Å². The Kier molecular flexibility index (Phi) is 5.64. The van der Waals surface area contributed by atoms with Gasteiger partial charge in [-0.1, -0.05) is 0 Å². The Morgan fingerprint density at radius 3 is 2.73 bits per heavy atom. The molecular formula is C16H15BrF3N3O2S. The van der Waals surface area contributed by atoms with E-state index >= 15 is 0 Å². The van der Waals surface area contributed by atoms with Crippen LogP contribution in [0.25, 0.3) is 10.6 Å². The maximum Gasteiger partial charge on any atom is 0.435 e. The van der Waals surface area contributed by atoms with E-state index in [9.17, 15) is 18.0 Å². The molecule has 2 aromatic heterocycles. The zero-order valence-corrected chi connectivity index (χ0v) is 16.1. The Labute approximate surface area is 160 Å². The molecule has 26 heavy (non-hydrogen) atoms. The minimum absolute atomic E-state index is 0.117. The minimum atomic E-state index is -4.72. The quantitative estimate of drug-likeness (QED) is 0.762. The molecule has 0 spiro atoms. The summed E-state index contributed by atoms with van der Waals surface area (Å²) in [5, 5.41) is 2.78. The molecule has 140 valence electrons. The molecule has 1 aliphatic rings. The number of hydrogen-bond donors (Lipinski definition) is 1. The Balaban J connectivity index is 1.97. The molecule has 0 saturated carbocycles. The van der Waals surface area contributed by atoms with Crippen LogP contribution in [0.5, 0.6) is 0 Å². The number of hydrogen-bond acceptors (Lipinski definition) is 5. The van der Waals surface area contributed by atoms with Gasteiger partial charge >= 0.3 is 6.18 Å². The molecule has 1 amide bonds. The lowest BCUT2D eigenvalue weighted by molar-refractivity contribution is -0.141. The molecule has 0 aromatic carbocycles. The molecule has 3 rings (SSSR count). The molecule has 1 N–H and O–H groups in total. The summed E-state index contributed by atoms with van der Waals surface area (Å²) in [6, 6.07) is 1.43. The van der Waals surface area contributed by atoms with Gasteiger partial charge in [0, 0.05) is 41.2 Å². The third kappa shape index (κ3) is 4.24. The largest absolute Gasteiger partial charge is 0.435 e. The van der Waals surface area contributed by atoms with Gasteiger partial charge in [0.2, 0.25) is 0 Å². The van der Waals surface area contributed by atoms with Crippen molar-refractivity contribution in [1.82, 2.24) is 15.3 Å². The highest BCUT2D eigenvalue weighted by molar-refractivity contribution is 9.10. The van der Waals surface area contributed by atoms with Crippen molar-refractivity contribution < 1.29 is 22.7 Å². The van der Waals surface area contributed by atoms with E-state index in [1.54, 1.807) is 13.0 Å². The highest BCUT2D eigenvalue weighted by Gasteiger charge is 2.40. The fraction of sp³-hybridized carbons (Fsp3) is 0.438. The van der Waals surface area contributed by atoms with Crippen molar-refractivity contribution in [1.29, 1.82) is 0 Å². The van der Waals surface area contributed by atoms with Crippen LogP contribution < -0.4 is 5.32 Å². The van der Waals surface area contributed by atoms with Gasteiger partial charge in [-0.2, -0.15) is 13.2 Å². The number of thiazole rings is 1. The molecule has 0 bridgehead atoms. The van der Waals surface area contributed by atoms with Crippen molar-refractivity contribution in [3.05, 3.63) is 33.0 Å². The molecule has 0 unspecified atom stereocenters. The van der Waals surface area contributed by atoms with Gasteiger partial charge in [0.1, 0.15) is 9.88 Å². The van der Waals surface area contributed by atoms with E-state index in [0.717, 1.165) is 11.3 Å². The van der Waals surface area contributed by atoms with Crippen LogP contribution in [0.1, 0.15) is 33.9 Å². The van der Waals surface area contributed by atoms with E-state index in [2.05, 4.69) is 31.2 Å². The van der Waals surface area contributed by atoms with Crippen molar-refractivity contribution in [2.24, 2.45) is 0 Å². The zero-order chi connectivity index (χ0) is 18.9. The SMILES string of the molecule is Cc1cc(-c2nc(C(F)(F)F)c(C(=O)NC3CCOCC3)s2)c(Br)cn1. The molecule has 1 aliphatic heterocycles. The highest BCUT2D eigenvalue weighted by atomic mass is 79.9. The second-order valence-corrected chi connectivity index (χ2v) is 7.71. The number of halogens is 4. The number of nitrogens with zero attached hydrogens (tertiary/aromatic N) is 2. The Morgan fingerprint density at radius 2 is 2.08 bits per heavy atom. The molecular weight excluding hydrogens is 435 g/mol. The summed E-state index contributed by atoms with van der Waals surface area (Å²) in [7, 11) is 0. The maximum absolute atomic E-state index is 13.4. The number of carbonyl (C=O) groups excluding carboxylic acids is 1. The predicted octanol–water partition coefficient (Wildman–Crippen LogP) is 4.20. The van der Waals surface area contributed by atoms with Crippen LogP contribution in [-0.2, 0) is 10.9 Å². The van der Waals surface area contributed by atoms with Crippen molar-refractivity contribution in [3.8, 4) is 10.6 Å². The number of rotatable bonds is 3. The third-order valence-corrected chi connectivity index (χ3v) is 5.60. The lowest BCUT2D eigenvalue weighted by Gasteiger charge is -2.23. The van der Waals surface area contributed by atoms with Crippen molar-refractivity contribution in [2.45, 2.75) is 32.0 Å². The normalized spacial score (nSPS) is 15.9. The van der Waals surface area contributed by atoms with E-state index in [1.165, 1.54) is 6.20 Å². The van der Waals surface area contributed by atoms with Crippen LogP contribution in [0, 0.1) is 6.92 Å². The first-order valence-electron chi connectivity index (χ1n) is 7.85. The van der Waals surface area contributed by atoms with Gasteiger partial charge < -0.3 is 10.1 Å². The number of aryl methyl sites for hydroxylation is 1. The van der Waals surface area contributed by atoms with Gasteiger partial charge in [0.15, 0.2) is 5.69 Å². The lowest BCUT2D eigenvalue weighted by atomic mass is 10.1. The number of nitrogens with one attached hydrogen (secondary N) is 1. The first-order chi connectivity index (χ1) is 12.3. The number of aromatic nitrogens is 2. The summed E-state index contributed by atoms with van der Waals surface area (Å²) in [5.41, 5.74) is -0.0540. The molecule has 10 heteroatoms. The molecule has 0 radical (unpaired) electrons. The van der Waals surface area contributed by atoms with Gasteiger partial charge in [-0.3, -0.25) is 9.78 Å². The molecule has 0 aliphatic carbocycles. The van der Waals surface area contributed by atoms with Gasteiger partial charge in [-0.25, -0.2) is 4.98 Å². The Hall–Kier alpha value is -1.52. The van der Waals surface area contributed by atoms with Crippen LogP contribution in [0.2, 0.25) is 0 Å². The topological polar surface area (TPSA) is 64.1 Å². The number of pyridine rings is 1. The van der Waals surface area contributed by atoms with E-state index in [0.29, 0.717) is 41.8 Å². The third-order valence-electron chi connectivity index (χ3n) is 3.88. The molecule has 0 atom stereocenters. The van der Waals surface area contributed by atoms with E-state index in [-0.39, 0.29) is 11.0 Å². The number of carbonyl (C=O) groups is 1. The van der Waals surface area contributed by atoms with Crippen LogP contribution in [0.4, 0.5) is 13.2 Å². The van der Waals surface area contributed by atoms with Crippen LogP contribution in [0.15, 0.2) is 16.7 Å². The van der Waals surface area contributed by atoms with Gasteiger partial charge in [0.25, 0.3) is 5.91 Å². The average Bonchev–Trinajstić information content (AvgIpc) is 3.03. The van der Waals surface area contributed by atoms with E-state index in [1.807, 2.05) is 0 Å². The maximum atomic E-state index is 13.4. The number of ether oxygens (including phenoxy) is 1. The van der Waals surface area contributed by atoms with Crippen molar-refractivity contribution in [3.63, 3.8) is 0 Å². The first kappa shape index (κ1) is 19.2.